The molecule has 4 nitrogen and oxygen atoms in total. The molecule has 0 spiro atoms. The summed E-state index contributed by atoms with van der Waals surface area (Å²) < 4.78 is 0. The number of likely N-dealkylation sites (tertiary alicyclic amines) is 1. The van der Waals surface area contributed by atoms with Crippen LogP contribution in [0.1, 0.15) is 33.6 Å². The fraction of sp³-hybridized carbons (Fsp3) is 0.923. The summed E-state index contributed by atoms with van der Waals surface area (Å²) in [6.07, 6.45) is 2.57. The number of rotatable bonds is 5. The maximum absolute atomic E-state index is 4.23. The summed E-state index contributed by atoms with van der Waals surface area (Å²) in [7, 11) is 1.83. The molecule has 2 N–H and O–H groups in total. The van der Waals surface area contributed by atoms with E-state index < -0.39 is 0 Å². The average molecular weight is 240 g/mol. The summed E-state index contributed by atoms with van der Waals surface area (Å²) in [5.41, 5.74) is 0. The van der Waals surface area contributed by atoms with Gasteiger partial charge in [0, 0.05) is 26.2 Å². The third kappa shape index (κ3) is 5.39. The van der Waals surface area contributed by atoms with Gasteiger partial charge >= 0.3 is 0 Å². The lowest BCUT2D eigenvalue weighted by Crippen LogP contribution is -2.43. The number of hydrogen-bond donors (Lipinski definition) is 2. The number of aliphatic imine (C=N–C) groups is 1. The van der Waals surface area contributed by atoms with Gasteiger partial charge in [0.2, 0.25) is 0 Å². The molecule has 0 aromatic carbocycles. The Kier molecular flexibility index (Phi) is 6.34. The molecular formula is C13H28N4. The van der Waals surface area contributed by atoms with Gasteiger partial charge in [-0.15, -0.1) is 0 Å². The van der Waals surface area contributed by atoms with Crippen LogP contribution in [0.5, 0.6) is 0 Å². The Morgan fingerprint density at radius 3 is 2.82 bits per heavy atom. The standard InChI is InChI=1S/C13H28N4/c1-5-7-17-8-6-12(10-17)9-15-13(14-4)16-11(2)3/h11-12H,5-10H2,1-4H3,(H2,14,15,16). The van der Waals surface area contributed by atoms with E-state index in [-0.39, 0.29) is 0 Å². The molecule has 1 aliphatic heterocycles. The van der Waals surface area contributed by atoms with Gasteiger partial charge in [0.15, 0.2) is 5.96 Å². The van der Waals surface area contributed by atoms with E-state index in [0.717, 1.165) is 18.4 Å². The molecule has 1 rings (SSSR count). The maximum Gasteiger partial charge on any atom is 0.191 e. The number of guanidine groups is 1. The monoisotopic (exact) mass is 240 g/mol. The summed E-state index contributed by atoms with van der Waals surface area (Å²) in [4.78, 5) is 6.79. The third-order valence-corrected chi connectivity index (χ3v) is 3.12. The van der Waals surface area contributed by atoms with Gasteiger partial charge in [0.05, 0.1) is 0 Å². The number of nitrogens with zero attached hydrogens (tertiary/aromatic N) is 2. The molecule has 4 heteroatoms. The average Bonchev–Trinajstić information content (AvgIpc) is 2.72. The summed E-state index contributed by atoms with van der Waals surface area (Å²) in [5, 5.41) is 6.73. The molecule has 17 heavy (non-hydrogen) atoms. The Balaban J connectivity index is 2.22. The Labute approximate surface area is 106 Å². The first-order valence-corrected chi connectivity index (χ1v) is 6.85. The molecule has 1 unspecified atom stereocenters. The minimum Gasteiger partial charge on any atom is -0.356 e. The van der Waals surface area contributed by atoms with Crippen LogP contribution in [0.15, 0.2) is 4.99 Å². The number of nitrogens with one attached hydrogen (secondary N) is 2. The van der Waals surface area contributed by atoms with E-state index in [1.165, 1.54) is 32.5 Å². The Hall–Kier alpha value is -0.770. The van der Waals surface area contributed by atoms with Crippen molar-refractivity contribution < 1.29 is 0 Å². The predicted octanol–water partition coefficient (Wildman–Crippen LogP) is 1.29. The molecular weight excluding hydrogens is 212 g/mol. The Morgan fingerprint density at radius 1 is 1.47 bits per heavy atom. The van der Waals surface area contributed by atoms with Gasteiger partial charge < -0.3 is 15.5 Å². The molecule has 0 bridgehead atoms. The van der Waals surface area contributed by atoms with E-state index in [9.17, 15) is 0 Å². The molecule has 1 aliphatic rings. The van der Waals surface area contributed by atoms with Crippen LogP contribution in [-0.2, 0) is 0 Å². The largest absolute Gasteiger partial charge is 0.356 e. The van der Waals surface area contributed by atoms with Crippen LogP contribution in [-0.4, -0.2) is 50.1 Å². The van der Waals surface area contributed by atoms with Crippen LogP contribution >= 0.6 is 0 Å². The minimum absolute atomic E-state index is 0.432. The SMILES string of the molecule is CCCN1CCC(CNC(=NC)NC(C)C)C1. The lowest BCUT2D eigenvalue weighted by molar-refractivity contribution is 0.324. The van der Waals surface area contributed by atoms with Crippen molar-refractivity contribution >= 4 is 5.96 Å². The van der Waals surface area contributed by atoms with E-state index in [1.807, 2.05) is 7.05 Å². The maximum atomic E-state index is 4.23. The van der Waals surface area contributed by atoms with Crippen molar-refractivity contribution in [2.75, 3.05) is 33.2 Å². The van der Waals surface area contributed by atoms with Gasteiger partial charge in [0.1, 0.15) is 0 Å². The highest BCUT2D eigenvalue weighted by Crippen LogP contribution is 2.15. The topological polar surface area (TPSA) is 39.7 Å². The third-order valence-electron chi connectivity index (χ3n) is 3.12. The first-order valence-electron chi connectivity index (χ1n) is 6.85. The van der Waals surface area contributed by atoms with E-state index in [4.69, 9.17) is 0 Å². The van der Waals surface area contributed by atoms with E-state index >= 15 is 0 Å². The molecule has 0 aliphatic carbocycles. The van der Waals surface area contributed by atoms with Crippen LogP contribution in [0.25, 0.3) is 0 Å². The summed E-state index contributed by atoms with van der Waals surface area (Å²) >= 11 is 0. The van der Waals surface area contributed by atoms with Crippen LogP contribution in [0, 0.1) is 5.92 Å². The molecule has 0 amide bonds. The second-order valence-corrected chi connectivity index (χ2v) is 5.21. The van der Waals surface area contributed by atoms with Crippen LogP contribution in [0.3, 0.4) is 0 Å². The van der Waals surface area contributed by atoms with Crippen LogP contribution in [0.4, 0.5) is 0 Å². The summed E-state index contributed by atoms with van der Waals surface area (Å²) in [5.74, 6) is 1.70. The molecule has 0 aromatic rings. The lowest BCUT2D eigenvalue weighted by Gasteiger charge is -2.18. The Morgan fingerprint density at radius 2 is 2.24 bits per heavy atom. The van der Waals surface area contributed by atoms with Crippen molar-refractivity contribution in [1.29, 1.82) is 0 Å². The van der Waals surface area contributed by atoms with Gasteiger partial charge in [-0.05, 0) is 45.7 Å². The zero-order valence-corrected chi connectivity index (χ0v) is 11.8. The molecule has 100 valence electrons. The van der Waals surface area contributed by atoms with Crippen molar-refractivity contribution in [3.05, 3.63) is 0 Å². The Bertz CT molecular complexity index is 238. The van der Waals surface area contributed by atoms with Crippen LogP contribution < -0.4 is 10.6 Å². The molecule has 0 aromatic heterocycles. The minimum atomic E-state index is 0.432. The van der Waals surface area contributed by atoms with Crippen molar-refractivity contribution in [2.24, 2.45) is 10.9 Å². The van der Waals surface area contributed by atoms with Crippen LogP contribution in [0.2, 0.25) is 0 Å². The molecule has 0 radical (unpaired) electrons. The smallest absolute Gasteiger partial charge is 0.191 e. The van der Waals surface area contributed by atoms with Crippen molar-refractivity contribution in [3.8, 4) is 0 Å². The van der Waals surface area contributed by atoms with Gasteiger partial charge in [0.25, 0.3) is 0 Å². The first-order chi connectivity index (χ1) is 8.15. The molecule has 1 saturated heterocycles. The second-order valence-electron chi connectivity index (χ2n) is 5.21. The van der Waals surface area contributed by atoms with Gasteiger partial charge in [-0.25, -0.2) is 0 Å². The fourth-order valence-electron chi connectivity index (χ4n) is 2.31. The first kappa shape index (κ1) is 14.3. The van der Waals surface area contributed by atoms with E-state index in [0.29, 0.717) is 6.04 Å². The summed E-state index contributed by atoms with van der Waals surface area (Å²) in [6, 6.07) is 0.432. The van der Waals surface area contributed by atoms with E-state index in [2.05, 4.69) is 41.3 Å². The van der Waals surface area contributed by atoms with Gasteiger partial charge in [-0.1, -0.05) is 6.92 Å². The zero-order valence-electron chi connectivity index (χ0n) is 11.8. The highest BCUT2D eigenvalue weighted by molar-refractivity contribution is 5.79. The van der Waals surface area contributed by atoms with Gasteiger partial charge in [-0.3, -0.25) is 4.99 Å². The summed E-state index contributed by atoms with van der Waals surface area (Å²) in [6.45, 7) is 11.3. The molecule has 1 heterocycles. The molecule has 1 fully saturated rings. The highest BCUT2D eigenvalue weighted by Gasteiger charge is 2.21. The van der Waals surface area contributed by atoms with Crippen molar-refractivity contribution in [3.63, 3.8) is 0 Å². The van der Waals surface area contributed by atoms with Crippen molar-refractivity contribution in [2.45, 2.75) is 39.7 Å². The quantitative estimate of drug-likeness (QED) is 0.562. The number of hydrogen-bond acceptors (Lipinski definition) is 2. The molecule has 0 saturated carbocycles. The van der Waals surface area contributed by atoms with Crippen molar-refractivity contribution in [1.82, 2.24) is 15.5 Å². The van der Waals surface area contributed by atoms with Gasteiger partial charge in [-0.2, -0.15) is 0 Å². The normalized spacial score (nSPS) is 22.2. The fourth-order valence-corrected chi connectivity index (χ4v) is 2.31. The zero-order chi connectivity index (χ0) is 12.7. The van der Waals surface area contributed by atoms with E-state index in [1.54, 1.807) is 0 Å². The second kappa shape index (κ2) is 7.54. The molecule has 1 atom stereocenters. The predicted molar refractivity (Wildman–Crippen MR) is 74.5 cm³/mol. The lowest BCUT2D eigenvalue weighted by atomic mass is 10.1. The highest BCUT2D eigenvalue weighted by atomic mass is 15.2.